The number of aliphatic hydroxyl groups excluding tert-OH is 1. The number of halogens is 6. The van der Waals surface area contributed by atoms with Gasteiger partial charge in [0.05, 0.1) is 23.3 Å². The summed E-state index contributed by atoms with van der Waals surface area (Å²) in [6, 6.07) is -0.205. The van der Waals surface area contributed by atoms with Crippen molar-refractivity contribution in [2.45, 2.75) is 44.8 Å². The normalized spacial score (nSPS) is 16.0. The lowest BCUT2D eigenvalue weighted by atomic mass is 9.93. The van der Waals surface area contributed by atoms with Crippen LogP contribution in [0.15, 0.2) is 18.2 Å². The fourth-order valence-corrected chi connectivity index (χ4v) is 2.02. The van der Waals surface area contributed by atoms with Gasteiger partial charge in [0.2, 0.25) is 0 Å². The molecule has 0 heterocycles. The summed E-state index contributed by atoms with van der Waals surface area (Å²) < 4.78 is 76.4. The van der Waals surface area contributed by atoms with Gasteiger partial charge in [-0.25, -0.2) is 0 Å². The van der Waals surface area contributed by atoms with Crippen LogP contribution in [0.2, 0.25) is 0 Å². The van der Waals surface area contributed by atoms with Crippen molar-refractivity contribution in [2.24, 2.45) is 11.7 Å². The molecule has 126 valence electrons. The van der Waals surface area contributed by atoms with Crippen molar-refractivity contribution >= 4 is 0 Å². The van der Waals surface area contributed by atoms with Gasteiger partial charge in [-0.05, 0) is 36.1 Å². The van der Waals surface area contributed by atoms with Crippen molar-refractivity contribution in [3.05, 3.63) is 34.9 Å². The SMILES string of the molecule is CC(C)C[C@H](O)[C@H](N)c1cc(C(F)(F)F)cc(C(F)(F)F)c1. The van der Waals surface area contributed by atoms with E-state index in [1.165, 1.54) is 0 Å². The zero-order valence-electron chi connectivity index (χ0n) is 12.0. The van der Waals surface area contributed by atoms with Gasteiger partial charge in [-0.2, -0.15) is 26.3 Å². The first-order valence-electron chi connectivity index (χ1n) is 6.55. The molecule has 0 spiro atoms. The molecule has 22 heavy (non-hydrogen) atoms. The number of hydrogen-bond acceptors (Lipinski definition) is 2. The second-order valence-electron chi connectivity index (χ2n) is 5.56. The minimum absolute atomic E-state index is 0.00562. The minimum Gasteiger partial charge on any atom is -0.391 e. The van der Waals surface area contributed by atoms with Crippen LogP contribution >= 0.6 is 0 Å². The Hall–Kier alpha value is -1.28. The zero-order chi connectivity index (χ0) is 17.3. The van der Waals surface area contributed by atoms with E-state index in [4.69, 9.17) is 5.73 Å². The maximum absolute atomic E-state index is 12.7. The van der Waals surface area contributed by atoms with E-state index >= 15 is 0 Å². The molecule has 1 aromatic carbocycles. The van der Waals surface area contributed by atoms with Crippen LogP contribution < -0.4 is 5.73 Å². The van der Waals surface area contributed by atoms with Crippen molar-refractivity contribution in [3.63, 3.8) is 0 Å². The summed E-state index contributed by atoms with van der Waals surface area (Å²) in [6.45, 7) is 3.51. The monoisotopic (exact) mass is 329 g/mol. The number of nitrogens with two attached hydrogens (primary N) is 1. The van der Waals surface area contributed by atoms with Crippen LogP contribution in [0.4, 0.5) is 26.3 Å². The first-order chi connectivity index (χ1) is 9.82. The van der Waals surface area contributed by atoms with Crippen molar-refractivity contribution in [1.29, 1.82) is 0 Å². The first kappa shape index (κ1) is 18.8. The molecule has 2 atom stereocenters. The molecule has 0 aromatic heterocycles. The molecule has 2 nitrogen and oxygen atoms in total. The van der Waals surface area contributed by atoms with Crippen molar-refractivity contribution in [3.8, 4) is 0 Å². The number of aliphatic hydroxyl groups is 1. The van der Waals surface area contributed by atoms with Gasteiger partial charge < -0.3 is 10.8 Å². The second-order valence-corrected chi connectivity index (χ2v) is 5.56. The third kappa shape index (κ3) is 4.88. The molecule has 0 radical (unpaired) electrons. The maximum atomic E-state index is 12.7. The Bertz CT molecular complexity index is 477. The molecule has 0 fully saturated rings. The van der Waals surface area contributed by atoms with Gasteiger partial charge in [0.1, 0.15) is 0 Å². The highest BCUT2D eigenvalue weighted by Gasteiger charge is 2.37. The van der Waals surface area contributed by atoms with E-state index in [9.17, 15) is 31.4 Å². The molecule has 0 saturated carbocycles. The number of benzene rings is 1. The van der Waals surface area contributed by atoms with Crippen LogP contribution in [0.1, 0.15) is 43.0 Å². The van der Waals surface area contributed by atoms with Crippen LogP contribution in [0.5, 0.6) is 0 Å². The Morgan fingerprint density at radius 1 is 0.955 bits per heavy atom. The summed E-state index contributed by atoms with van der Waals surface area (Å²) in [5.74, 6) is -0.00562. The van der Waals surface area contributed by atoms with E-state index in [1.54, 1.807) is 13.8 Å². The predicted molar refractivity (Wildman–Crippen MR) is 68.8 cm³/mol. The summed E-state index contributed by atoms with van der Waals surface area (Å²) in [5.41, 5.74) is 2.35. The van der Waals surface area contributed by atoms with Gasteiger partial charge in [0, 0.05) is 0 Å². The van der Waals surface area contributed by atoms with E-state index in [0.29, 0.717) is 12.1 Å². The van der Waals surface area contributed by atoms with Gasteiger partial charge in [-0.15, -0.1) is 0 Å². The fraction of sp³-hybridized carbons (Fsp3) is 0.571. The fourth-order valence-electron chi connectivity index (χ4n) is 2.02. The number of hydrogen-bond donors (Lipinski definition) is 2. The van der Waals surface area contributed by atoms with Gasteiger partial charge >= 0.3 is 12.4 Å². The molecule has 0 unspecified atom stereocenters. The lowest BCUT2D eigenvalue weighted by Gasteiger charge is -2.23. The quantitative estimate of drug-likeness (QED) is 0.816. The Labute approximate surface area is 123 Å². The number of rotatable bonds is 4. The summed E-state index contributed by atoms with van der Waals surface area (Å²) in [4.78, 5) is 0. The highest BCUT2D eigenvalue weighted by Crippen LogP contribution is 2.37. The van der Waals surface area contributed by atoms with Crippen molar-refractivity contribution in [1.82, 2.24) is 0 Å². The topological polar surface area (TPSA) is 46.2 Å². The lowest BCUT2D eigenvalue weighted by Crippen LogP contribution is -2.28. The first-order valence-corrected chi connectivity index (χ1v) is 6.55. The molecule has 0 aliphatic rings. The average Bonchev–Trinajstić information content (AvgIpc) is 2.34. The Kier molecular flexibility index (Phi) is 5.51. The molecule has 0 aliphatic carbocycles. The van der Waals surface area contributed by atoms with Crippen molar-refractivity contribution < 1.29 is 31.4 Å². The van der Waals surface area contributed by atoms with E-state index < -0.39 is 41.2 Å². The molecule has 0 aliphatic heterocycles. The molecule has 0 amide bonds. The lowest BCUT2D eigenvalue weighted by molar-refractivity contribution is -0.143. The summed E-state index contributed by atoms with van der Waals surface area (Å²) in [5, 5.41) is 9.84. The minimum atomic E-state index is -4.93. The molecule has 1 aromatic rings. The molecular formula is C14H17F6NO. The van der Waals surface area contributed by atoms with Gasteiger partial charge in [-0.1, -0.05) is 13.8 Å². The highest BCUT2D eigenvalue weighted by molar-refractivity contribution is 5.35. The van der Waals surface area contributed by atoms with E-state index in [0.717, 1.165) is 0 Å². The van der Waals surface area contributed by atoms with Crippen molar-refractivity contribution in [2.75, 3.05) is 0 Å². The Balaban J connectivity index is 3.29. The predicted octanol–water partition coefficient (Wildman–Crippen LogP) is 4.13. The summed E-state index contributed by atoms with van der Waals surface area (Å²) in [7, 11) is 0. The molecule has 0 bridgehead atoms. The Morgan fingerprint density at radius 2 is 1.36 bits per heavy atom. The Morgan fingerprint density at radius 3 is 1.68 bits per heavy atom. The van der Waals surface area contributed by atoms with Crippen LogP contribution in [0.25, 0.3) is 0 Å². The molecular weight excluding hydrogens is 312 g/mol. The number of alkyl halides is 6. The summed E-state index contributed by atoms with van der Waals surface area (Å²) in [6.07, 6.45) is -10.9. The highest BCUT2D eigenvalue weighted by atomic mass is 19.4. The van der Waals surface area contributed by atoms with Gasteiger partial charge in [0.15, 0.2) is 0 Å². The standard InChI is InChI=1S/C14H17F6NO/c1-7(2)3-11(22)12(21)8-4-9(13(15,16)17)6-10(5-8)14(18,19)20/h4-7,11-12,22H,3,21H2,1-2H3/t11-,12+/m0/s1. The second kappa shape index (κ2) is 6.45. The van der Waals surface area contributed by atoms with Crippen LogP contribution in [-0.2, 0) is 12.4 Å². The average molecular weight is 329 g/mol. The van der Waals surface area contributed by atoms with E-state index in [1.807, 2.05) is 0 Å². The van der Waals surface area contributed by atoms with Crippen LogP contribution in [-0.4, -0.2) is 11.2 Å². The molecule has 8 heteroatoms. The third-order valence-corrected chi connectivity index (χ3v) is 3.12. The van der Waals surface area contributed by atoms with Crippen LogP contribution in [0, 0.1) is 5.92 Å². The summed E-state index contributed by atoms with van der Waals surface area (Å²) >= 11 is 0. The molecule has 3 N–H and O–H groups in total. The smallest absolute Gasteiger partial charge is 0.391 e. The van der Waals surface area contributed by atoms with E-state index in [-0.39, 0.29) is 18.4 Å². The van der Waals surface area contributed by atoms with E-state index in [2.05, 4.69) is 0 Å². The largest absolute Gasteiger partial charge is 0.416 e. The van der Waals surface area contributed by atoms with Crippen LogP contribution in [0.3, 0.4) is 0 Å². The molecule has 0 saturated heterocycles. The van der Waals surface area contributed by atoms with Gasteiger partial charge in [-0.3, -0.25) is 0 Å². The third-order valence-electron chi connectivity index (χ3n) is 3.12. The maximum Gasteiger partial charge on any atom is 0.416 e. The molecule has 1 rings (SSSR count). The van der Waals surface area contributed by atoms with Gasteiger partial charge in [0.25, 0.3) is 0 Å². The zero-order valence-corrected chi connectivity index (χ0v) is 12.0.